The summed E-state index contributed by atoms with van der Waals surface area (Å²) in [5, 5.41) is 0. The van der Waals surface area contributed by atoms with E-state index in [9.17, 15) is 13.2 Å². The maximum absolute atomic E-state index is 12.4. The van der Waals surface area contributed by atoms with Gasteiger partial charge in [0, 0.05) is 20.1 Å². The first-order chi connectivity index (χ1) is 12.3. The lowest BCUT2D eigenvalue weighted by Gasteiger charge is -2.21. The Hall–Kier alpha value is -2.54. The maximum atomic E-state index is 12.4. The lowest BCUT2D eigenvalue weighted by Crippen LogP contribution is -2.34. The van der Waals surface area contributed by atoms with Crippen molar-refractivity contribution in [3.8, 4) is 5.75 Å². The molecule has 2 rings (SSSR count). The molecule has 0 radical (unpaired) electrons. The van der Waals surface area contributed by atoms with E-state index in [2.05, 4.69) is 0 Å². The quantitative estimate of drug-likeness (QED) is 0.710. The summed E-state index contributed by atoms with van der Waals surface area (Å²) in [7, 11) is -1.82. The van der Waals surface area contributed by atoms with Gasteiger partial charge in [0.25, 0.3) is 5.91 Å². The molecular formula is C19H24N2O4S. The maximum Gasteiger partial charge on any atom is 0.260 e. The molecule has 0 unspecified atom stereocenters. The zero-order valence-electron chi connectivity index (χ0n) is 15.3. The third-order valence-corrected chi connectivity index (χ3v) is 5.22. The standard InChI is InChI=1S/C19H24N2O4S/c1-4-21(14-16-8-6-5-7-9-16)19(22)15-25-18-12-10-17(11-13-18)20(2)26(3,23)24/h5-13H,4,14-15H2,1-3H3. The first-order valence-electron chi connectivity index (χ1n) is 8.29. The smallest absolute Gasteiger partial charge is 0.260 e. The van der Waals surface area contributed by atoms with E-state index in [1.807, 2.05) is 37.3 Å². The fraction of sp³-hybridized carbons (Fsp3) is 0.316. The summed E-state index contributed by atoms with van der Waals surface area (Å²) in [4.78, 5) is 14.1. The van der Waals surface area contributed by atoms with E-state index in [-0.39, 0.29) is 12.5 Å². The average molecular weight is 376 g/mol. The predicted octanol–water partition coefficient (Wildman–Crippen LogP) is 2.51. The van der Waals surface area contributed by atoms with Gasteiger partial charge in [0.05, 0.1) is 11.9 Å². The van der Waals surface area contributed by atoms with Crippen LogP contribution in [0.25, 0.3) is 0 Å². The van der Waals surface area contributed by atoms with Crippen LogP contribution in [0.1, 0.15) is 12.5 Å². The normalized spacial score (nSPS) is 11.0. The van der Waals surface area contributed by atoms with Crippen LogP contribution in [0.4, 0.5) is 5.69 Å². The van der Waals surface area contributed by atoms with Gasteiger partial charge in [-0.05, 0) is 36.8 Å². The number of likely N-dealkylation sites (N-methyl/N-ethyl adjacent to an activating group) is 1. The molecular weight excluding hydrogens is 352 g/mol. The van der Waals surface area contributed by atoms with Crippen LogP contribution in [-0.2, 0) is 21.4 Å². The Labute approximate surface area is 155 Å². The highest BCUT2D eigenvalue weighted by Gasteiger charge is 2.14. The molecule has 0 atom stereocenters. The predicted molar refractivity (Wildman–Crippen MR) is 103 cm³/mol. The summed E-state index contributed by atoms with van der Waals surface area (Å²) < 4.78 is 29.8. The minimum Gasteiger partial charge on any atom is -0.484 e. The number of hydrogen-bond donors (Lipinski definition) is 0. The molecule has 7 heteroatoms. The van der Waals surface area contributed by atoms with E-state index in [0.29, 0.717) is 24.5 Å². The minimum absolute atomic E-state index is 0.0675. The molecule has 1 amide bonds. The van der Waals surface area contributed by atoms with Gasteiger partial charge in [-0.15, -0.1) is 0 Å². The Morgan fingerprint density at radius 3 is 2.19 bits per heavy atom. The van der Waals surface area contributed by atoms with Crippen LogP contribution in [0.5, 0.6) is 5.75 Å². The molecule has 2 aromatic carbocycles. The number of hydrogen-bond acceptors (Lipinski definition) is 4. The molecule has 0 fully saturated rings. The lowest BCUT2D eigenvalue weighted by molar-refractivity contribution is -0.133. The van der Waals surface area contributed by atoms with Gasteiger partial charge in [0.2, 0.25) is 10.0 Å². The van der Waals surface area contributed by atoms with Crippen molar-refractivity contribution in [1.29, 1.82) is 0 Å². The van der Waals surface area contributed by atoms with Crippen molar-refractivity contribution in [3.05, 3.63) is 60.2 Å². The van der Waals surface area contributed by atoms with Crippen LogP contribution in [0.3, 0.4) is 0 Å². The fourth-order valence-corrected chi connectivity index (χ4v) is 2.86. The van der Waals surface area contributed by atoms with Crippen LogP contribution < -0.4 is 9.04 Å². The molecule has 0 N–H and O–H groups in total. The Morgan fingerprint density at radius 2 is 1.65 bits per heavy atom. The summed E-state index contributed by atoms with van der Waals surface area (Å²) in [5.41, 5.74) is 1.60. The Balaban J connectivity index is 1.93. The number of sulfonamides is 1. The molecule has 0 saturated heterocycles. The van der Waals surface area contributed by atoms with Gasteiger partial charge in [0.15, 0.2) is 6.61 Å². The van der Waals surface area contributed by atoms with Crippen molar-refractivity contribution in [2.75, 3.05) is 30.8 Å². The second kappa shape index (κ2) is 8.71. The molecule has 0 aliphatic carbocycles. The molecule has 0 aromatic heterocycles. The van der Waals surface area contributed by atoms with Crippen LogP contribution in [0.15, 0.2) is 54.6 Å². The number of anilines is 1. The molecule has 0 saturated carbocycles. The van der Waals surface area contributed by atoms with Crippen LogP contribution in [0.2, 0.25) is 0 Å². The summed E-state index contributed by atoms with van der Waals surface area (Å²) in [5.74, 6) is 0.411. The van der Waals surface area contributed by atoms with Gasteiger partial charge in [-0.2, -0.15) is 0 Å². The summed E-state index contributed by atoms with van der Waals surface area (Å²) in [6.45, 7) is 2.99. The molecule has 2 aromatic rings. The Kier molecular flexibility index (Phi) is 6.63. The van der Waals surface area contributed by atoms with Gasteiger partial charge in [-0.1, -0.05) is 30.3 Å². The Morgan fingerprint density at radius 1 is 1.04 bits per heavy atom. The van der Waals surface area contributed by atoms with Gasteiger partial charge in [-0.25, -0.2) is 8.42 Å². The second-order valence-corrected chi connectivity index (χ2v) is 7.92. The van der Waals surface area contributed by atoms with Gasteiger partial charge in [-0.3, -0.25) is 9.10 Å². The topological polar surface area (TPSA) is 66.9 Å². The number of carbonyl (C=O) groups excluding carboxylic acids is 1. The number of benzene rings is 2. The SMILES string of the molecule is CCN(Cc1ccccc1)C(=O)COc1ccc(N(C)S(C)(=O)=O)cc1. The molecule has 0 heterocycles. The monoisotopic (exact) mass is 376 g/mol. The fourth-order valence-electron chi connectivity index (χ4n) is 2.36. The molecule has 0 bridgehead atoms. The lowest BCUT2D eigenvalue weighted by atomic mass is 10.2. The molecule has 140 valence electrons. The number of nitrogens with zero attached hydrogens (tertiary/aromatic N) is 2. The summed E-state index contributed by atoms with van der Waals surface area (Å²) in [6, 6.07) is 16.4. The highest BCUT2D eigenvalue weighted by atomic mass is 32.2. The number of amides is 1. The molecule has 0 aliphatic heterocycles. The van der Waals surface area contributed by atoms with Crippen LogP contribution in [-0.4, -0.2) is 45.7 Å². The molecule has 0 spiro atoms. The number of rotatable bonds is 8. The van der Waals surface area contributed by atoms with Crippen molar-refractivity contribution in [2.24, 2.45) is 0 Å². The van der Waals surface area contributed by atoms with Gasteiger partial charge >= 0.3 is 0 Å². The second-order valence-electron chi connectivity index (χ2n) is 5.91. The highest BCUT2D eigenvalue weighted by Crippen LogP contribution is 2.20. The zero-order valence-corrected chi connectivity index (χ0v) is 16.1. The van der Waals surface area contributed by atoms with E-state index in [1.165, 1.54) is 11.4 Å². The van der Waals surface area contributed by atoms with Crippen molar-refractivity contribution in [3.63, 3.8) is 0 Å². The van der Waals surface area contributed by atoms with Crippen molar-refractivity contribution < 1.29 is 17.9 Å². The average Bonchev–Trinajstić information content (AvgIpc) is 2.64. The highest BCUT2D eigenvalue weighted by molar-refractivity contribution is 7.92. The minimum atomic E-state index is -3.31. The van der Waals surface area contributed by atoms with Crippen molar-refractivity contribution in [1.82, 2.24) is 4.90 Å². The first kappa shape index (κ1) is 19.8. The summed E-state index contributed by atoms with van der Waals surface area (Å²) >= 11 is 0. The van der Waals surface area contributed by atoms with Crippen molar-refractivity contribution in [2.45, 2.75) is 13.5 Å². The van der Waals surface area contributed by atoms with E-state index in [4.69, 9.17) is 4.74 Å². The van der Waals surface area contributed by atoms with Gasteiger partial charge < -0.3 is 9.64 Å². The number of carbonyl (C=O) groups is 1. The Bertz CT molecular complexity index is 820. The third kappa shape index (κ3) is 5.49. The number of ether oxygens (including phenoxy) is 1. The van der Waals surface area contributed by atoms with E-state index < -0.39 is 10.0 Å². The van der Waals surface area contributed by atoms with E-state index >= 15 is 0 Å². The molecule has 26 heavy (non-hydrogen) atoms. The van der Waals surface area contributed by atoms with Crippen LogP contribution >= 0.6 is 0 Å². The van der Waals surface area contributed by atoms with Crippen LogP contribution in [0, 0.1) is 0 Å². The first-order valence-corrected chi connectivity index (χ1v) is 10.1. The zero-order chi connectivity index (χ0) is 19.2. The van der Waals surface area contributed by atoms with E-state index in [1.54, 1.807) is 29.2 Å². The van der Waals surface area contributed by atoms with E-state index in [0.717, 1.165) is 11.8 Å². The largest absolute Gasteiger partial charge is 0.484 e. The summed E-state index contributed by atoms with van der Waals surface area (Å²) in [6.07, 6.45) is 1.14. The molecule has 6 nitrogen and oxygen atoms in total. The third-order valence-electron chi connectivity index (χ3n) is 4.01. The van der Waals surface area contributed by atoms with Gasteiger partial charge in [0.1, 0.15) is 5.75 Å². The van der Waals surface area contributed by atoms with Crippen molar-refractivity contribution >= 4 is 21.6 Å². The molecule has 0 aliphatic rings.